The molecule has 3 atom stereocenters. The third-order valence-corrected chi connectivity index (χ3v) is 4.95. The normalized spacial score (nSPS) is 44.8. The van der Waals surface area contributed by atoms with Gasteiger partial charge in [-0.05, 0) is 42.2 Å². The van der Waals surface area contributed by atoms with E-state index in [0.29, 0.717) is 31.6 Å². The number of rotatable bonds is 1. The molecule has 3 unspecified atom stereocenters. The lowest BCUT2D eigenvalue weighted by atomic mass is 9.69. The smallest absolute Gasteiger partial charge is 0.158 e. The maximum Gasteiger partial charge on any atom is 0.158 e. The van der Waals surface area contributed by atoms with Crippen molar-refractivity contribution in [2.45, 2.75) is 57.2 Å². The largest absolute Gasteiger partial charge is 0.386 e. The summed E-state index contributed by atoms with van der Waals surface area (Å²) in [5, 5.41) is 20.8. The highest BCUT2D eigenvalue weighted by Gasteiger charge is 2.71. The molecule has 0 aromatic carbocycles. The number of ketones is 1. The Morgan fingerprint density at radius 3 is 2.65 bits per heavy atom. The van der Waals surface area contributed by atoms with Crippen LogP contribution in [0.1, 0.15) is 46.0 Å². The van der Waals surface area contributed by atoms with Gasteiger partial charge in [0.1, 0.15) is 11.2 Å². The van der Waals surface area contributed by atoms with Gasteiger partial charge < -0.3 is 10.2 Å². The van der Waals surface area contributed by atoms with Crippen molar-refractivity contribution < 1.29 is 15.0 Å². The van der Waals surface area contributed by atoms with Gasteiger partial charge in [-0.3, -0.25) is 4.79 Å². The number of allylic oxidation sites excluding steroid dienone is 1. The molecule has 17 heavy (non-hydrogen) atoms. The van der Waals surface area contributed by atoms with Gasteiger partial charge in [-0.15, -0.1) is 0 Å². The van der Waals surface area contributed by atoms with E-state index in [1.54, 1.807) is 0 Å². The van der Waals surface area contributed by atoms with Gasteiger partial charge in [0.2, 0.25) is 0 Å². The zero-order valence-electron chi connectivity index (χ0n) is 10.5. The van der Waals surface area contributed by atoms with Crippen molar-refractivity contribution in [1.29, 1.82) is 0 Å². The summed E-state index contributed by atoms with van der Waals surface area (Å²) < 4.78 is 0. The first-order valence-corrected chi connectivity index (χ1v) is 6.60. The molecule has 0 spiro atoms. The molecule has 0 aliphatic heterocycles. The SMILES string of the molecule is CC(C)C1CCC(=O)C2=C1C1(O)CC1(O)CC2. The Morgan fingerprint density at radius 2 is 2.00 bits per heavy atom. The number of carbonyl (C=O) groups excluding carboxylic acids is 1. The van der Waals surface area contributed by atoms with Gasteiger partial charge in [0, 0.05) is 12.8 Å². The molecule has 0 saturated heterocycles. The lowest BCUT2D eigenvalue weighted by Crippen LogP contribution is -2.40. The molecule has 0 amide bonds. The molecule has 0 heterocycles. The van der Waals surface area contributed by atoms with Crippen LogP contribution >= 0.6 is 0 Å². The summed E-state index contributed by atoms with van der Waals surface area (Å²) in [6, 6.07) is 0. The minimum atomic E-state index is -1.08. The highest BCUT2D eigenvalue weighted by atomic mass is 16.4. The molecule has 1 fully saturated rings. The number of fused-ring (bicyclic) bond motifs is 2. The van der Waals surface area contributed by atoms with Crippen LogP contribution in [0.2, 0.25) is 0 Å². The Kier molecular flexibility index (Phi) is 2.15. The second kappa shape index (κ2) is 3.21. The van der Waals surface area contributed by atoms with Gasteiger partial charge in [-0.25, -0.2) is 0 Å². The lowest BCUT2D eigenvalue weighted by molar-refractivity contribution is -0.117. The van der Waals surface area contributed by atoms with E-state index < -0.39 is 11.2 Å². The first-order chi connectivity index (χ1) is 7.89. The summed E-state index contributed by atoms with van der Waals surface area (Å²) >= 11 is 0. The van der Waals surface area contributed by atoms with Crippen LogP contribution in [0, 0.1) is 11.8 Å². The van der Waals surface area contributed by atoms with Crippen molar-refractivity contribution in [2.24, 2.45) is 11.8 Å². The molecule has 2 N–H and O–H groups in total. The molecule has 0 bridgehead atoms. The molecule has 3 rings (SSSR count). The first kappa shape index (κ1) is 11.4. The Morgan fingerprint density at radius 1 is 1.29 bits per heavy atom. The molecule has 0 radical (unpaired) electrons. The van der Waals surface area contributed by atoms with E-state index in [-0.39, 0.29) is 11.7 Å². The van der Waals surface area contributed by atoms with Crippen molar-refractivity contribution in [3.05, 3.63) is 11.1 Å². The monoisotopic (exact) mass is 236 g/mol. The van der Waals surface area contributed by atoms with E-state index in [9.17, 15) is 15.0 Å². The van der Waals surface area contributed by atoms with Gasteiger partial charge >= 0.3 is 0 Å². The van der Waals surface area contributed by atoms with Crippen molar-refractivity contribution in [1.82, 2.24) is 0 Å². The van der Waals surface area contributed by atoms with Crippen LogP contribution in [0.4, 0.5) is 0 Å². The molecular formula is C14H20O3. The molecule has 94 valence electrons. The zero-order chi connectivity index (χ0) is 12.4. The second-order valence-corrected chi connectivity index (χ2v) is 6.27. The number of carbonyl (C=O) groups is 1. The summed E-state index contributed by atoms with van der Waals surface area (Å²) in [4.78, 5) is 12.0. The summed E-state index contributed by atoms with van der Waals surface area (Å²) in [6.45, 7) is 4.26. The highest BCUT2D eigenvalue weighted by Crippen LogP contribution is 2.63. The van der Waals surface area contributed by atoms with E-state index in [1.807, 2.05) is 0 Å². The molecule has 1 saturated carbocycles. The minimum Gasteiger partial charge on any atom is -0.386 e. The number of Topliss-reactive ketones (excluding diaryl/α,β-unsaturated/α-hetero) is 1. The van der Waals surface area contributed by atoms with Crippen LogP contribution in [0.15, 0.2) is 11.1 Å². The average Bonchev–Trinajstić information content (AvgIpc) is 2.82. The van der Waals surface area contributed by atoms with Crippen LogP contribution in [-0.2, 0) is 4.79 Å². The van der Waals surface area contributed by atoms with Crippen LogP contribution in [0.3, 0.4) is 0 Å². The molecule has 0 aromatic rings. The summed E-state index contributed by atoms with van der Waals surface area (Å²) in [6.07, 6.45) is 3.05. The standard InChI is InChI=1S/C14H20O3/c1-8(2)9-3-4-11(15)10-5-6-13(16)7-14(13,17)12(9)10/h8-9,16-17H,3-7H2,1-2H3. The average molecular weight is 236 g/mol. The molecule has 3 aliphatic rings. The predicted molar refractivity (Wildman–Crippen MR) is 63.3 cm³/mol. The first-order valence-electron chi connectivity index (χ1n) is 6.60. The topological polar surface area (TPSA) is 57.5 Å². The Bertz CT molecular complexity index is 423. The summed E-state index contributed by atoms with van der Waals surface area (Å²) in [5.41, 5.74) is -0.292. The second-order valence-electron chi connectivity index (χ2n) is 6.27. The number of aliphatic hydroxyl groups is 2. The van der Waals surface area contributed by atoms with E-state index in [4.69, 9.17) is 0 Å². The Balaban J connectivity index is 2.10. The van der Waals surface area contributed by atoms with E-state index >= 15 is 0 Å². The van der Waals surface area contributed by atoms with Crippen molar-refractivity contribution in [3.8, 4) is 0 Å². The maximum absolute atomic E-state index is 12.0. The molecule has 3 aliphatic carbocycles. The third-order valence-electron chi connectivity index (χ3n) is 4.95. The third kappa shape index (κ3) is 1.33. The summed E-state index contributed by atoms with van der Waals surface area (Å²) in [7, 11) is 0. The lowest BCUT2D eigenvalue weighted by Gasteiger charge is -2.38. The van der Waals surface area contributed by atoms with Crippen LogP contribution in [-0.4, -0.2) is 27.2 Å². The van der Waals surface area contributed by atoms with Crippen molar-refractivity contribution in [3.63, 3.8) is 0 Å². The fraction of sp³-hybridized carbons (Fsp3) is 0.786. The van der Waals surface area contributed by atoms with Gasteiger partial charge in [0.05, 0.1) is 0 Å². The van der Waals surface area contributed by atoms with Crippen LogP contribution in [0.5, 0.6) is 0 Å². The van der Waals surface area contributed by atoms with Gasteiger partial charge in [0.15, 0.2) is 5.78 Å². The molecule has 3 heteroatoms. The Labute approximate surface area is 102 Å². The zero-order valence-corrected chi connectivity index (χ0v) is 10.5. The molecule has 3 nitrogen and oxygen atoms in total. The fourth-order valence-electron chi connectivity index (χ4n) is 3.80. The quantitative estimate of drug-likeness (QED) is 0.726. The van der Waals surface area contributed by atoms with Gasteiger partial charge in [-0.1, -0.05) is 13.8 Å². The maximum atomic E-state index is 12.0. The van der Waals surface area contributed by atoms with Crippen molar-refractivity contribution >= 4 is 5.78 Å². The van der Waals surface area contributed by atoms with E-state index in [1.165, 1.54) is 0 Å². The number of hydrogen-bond donors (Lipinski definition) is 2. The predicted octanol–water partition coefficient (Wildman–Crippen LogP) is 1.58. The minimum absolute atomic E-state index is 0.194. The van der Waals surface area contributed by atoms with Gasteiger partial charge in [0.25, 0.3) is 0 Å². The Hall–Kier alpha value is -0.670. The fourth-order valence-corrected chi connectivity index (χ4v) is 3.80. The number of hydrogen-bond acceptors (Lipinski definition) is 3. The van der Waals surface area contributed by atoms with E-state index in [0.717, 1.165) is 17.6 Å². The van der Waals surface area contributed by atoms with Crippen LogP contribution < -0.4 is 0 Å². The molecule has 0 aromatic heterocycles. The van der Waals surface area contributed by atoms with Gasteiger partial charge in [-0.2, -0.15) is 0 Å². The molecular weight excluding hydrogens is 216 g/mol. The highest BCUT2D eigenvalue weighted by molar-refractivity contribution is 5.98. The van der Waals surface area contributed by atoms with E-state index in [2.05, 4.69) is 13.8 Å². The van der Waals surface area contributed by atoms with Crippen molar-refractivity contribution in [2.75, 3.05) is 0 Å². The van der Waals surface area contributed by atoms with Crippen LogP contribution in [0.25, 0.3) is 0 Å². The summed E-state index contributed by atoms with van der Waals surface area (Å²) in [5.74, 6) is 0.876.